The monoisotopic (exact) mass is 338 g/mol. The summed E-state index contributed by atoms with van der Waals surface area (Å²) in [5.41, 5.74) is 1.32. The van der Waals surface area contributed by atoms with Gasteiger partial charge in [-0.2, -0.15) is 0 Å². The molecule has 2 aromatic carbocycles. The van der Waals surface area contributed by atoms with Crippen LogP contribution in [0.1, 0.15) is 12.8 Å². The van der Waals surface area contributed by atoms with Crippen molar-refractivity contribution in [3.05, 3.63) is 54.1 Å². The first-order chi connectivity index (χ1) is 11.0. The first-order valence-corrected chi connectivity index (χ1v) is 8.77. The summed E-state index contributed by atoms with van der Waals surface area (Å²) in [5, 5.41) is 0. The lowest BCUT2D eigenvalue weighted by Crippen LogP contribution is -2.18. The molecule has 7 heteroatoms. The van der Waals surface area contributed by atoms with E-state index < -0.39 is 26.6 Å². The Morgan fingerprint density at radius 3 is 2.26 bits per heavy atom. The normalized spacial score (nSPS) is 15.0. The zero-order chi connectivity index (χ0) is 16.4. The van der Waals surface area contributed by atoms with Crippen molar-refractivity contribution >= 4 is 21.4 Å². The molecule has 3 rings (SSSR count). The predicted molar refractivity (Wildman–Crippen MR) is 85.1 cm³/mol. The van der Waals surface area contributed by atoms with Gasteiger partial charge in [0.25, 0.3) is 10.0 Å². The summed E-state index contributed by atoms with van der Waals surface area (Å²) < 4.78 is 53.5. The van der Waals surface area contributed by atoms with Gasteiger partial charge in [-0.3, -0.25) is 4.72 Å². The number of anilines is 2. The van der Waals surface area contributed by atoms with Gasteiger partial charge in [-0.1, -0.05) is 0 Å². The Hall–Kier alpha value is -2.15. The van der Waals surface area contributed by atoms with Gasteiger partial charge < -0.3 is 4.90 Å². The van der Waals surface area contributed by atoms with Crippen LogP contribution in [0.2, 0.25) is 0 Å². The van der Waals surface area contributed by atoms with Crippen molar-refractivity contribution in [2.75, 3.05) is 22.7 Å². The van der Waals surface area contributed by atoms with Gasteiger partial charge in [0, 0.05) is 24.5 Å². The van der Waals surface area contributed by atoms with Crippen LogP contribution in [-0.2, 0) is 10.0 Å². The number of nitrogens with zero attached hydrogens (tertiary/aromatic N) is 1. The third kappa shape index (κ3) is 3.44. The molecule has 1 aliphatic rings. The van der Waals surface area contributed by atoms with Gasteiger partial charge in [-0.25, -0.2) is 17.2 Å². The standard InChI is InChI=1S/C16H16F2N2O2S/c17-12-3-8-15(18)16(11-12)23(21,22)19-13-4-6-14(7-5-13)20-9-1-2-10-20/h3-8,11,19H,1-2,9-10H2. The van der Waals surface area contributed by atoms with Crippen molar-refractivity contribution in [2.45, 2.75) is 17.7 Å². The van der Waals surface area contributed by atoms with E-state index in [1.165, 1.54) is 0 Å². The molecule has 0 saturated carbocycles. The number of benzene rings is 2. The van der Waals surface area contributed by atoms with Crippen LogP contribution in [0.3, 0.4) is 0 Å². The second-order valence-corrected chi connectivity index (χ2v) is 7.07. The first-order valence-electron chi connectivity index (χ1n) is 7.29. The highest BCUT2D eigenvalue weighted by atomic mass is 32.2. The maximum atomic E-state index is 13.6. The molecular weight excluding hydrogens is 322 g/mol. The molecule has 0 aliphatic carbocycles. The smallest absolute Gasteiger partial charge is 0.264 e. The Kier molecular flexibility index (Phi) is 4.21. The zero-order valence-corrected chi connectivity index (χ0v) is 13.1. The molecular formula is C16H16F2N2O2S. The maximum absolute atomic E-state index is 13.6. The van der Waals surface area contributed by atoms with Gasteiger partial charge >= 0.3 is 0 Å². The Bertz CT molecular complexity index is 801. The lowest BCUT2D eigenvalue weighted by Gasteiger charge is -2.18. The van der Waals surface area contributed by atoms with E-state index in [2.05, 4.69) is 9.62 Å². The van der Waals surface area contributed by atoms with Crippen LogP contribution in [0.5, 0.6) is 0 Å². The lowest BCUT2D eigenvalue weighted by atomic mass is 10.2. The fourth-order valence-electron chi connectivity index (χ4n) is 2.61. The SMILES string of the molecule is O=S(=O)(Nc1ccc(N2CCCC2)cc1)c1cc(F)ccc1F. The van der Waals surface area contributed by atoms with Crippen molar-refractivity contribution in [3.8, 4) is 0 Å². The second kappa shape index (κ2) is 6.16. The van der Waals surface area contributed by atoms with Crippen LogP contribution in [-0.4, -0.2) is 21.5 Å². The van der Waals surface area contributed by atoms with E-state index in [1.807, 2.05) is 12.1 Å². The van der Waals surface area contributed by atoms with E-state index in [0.717, 1.165) is 43.8 Å². The summed E-state index contributed by atoms with van der Waals surface area (Å²) >= 11 is 0. The molecule has 1 fully saturated rings. The van der Waals surface area contributed by atoms with E-state index >= 15 is 0 Å². The number of rotatable bonds is 4. The summed E-state index contributed by atoms with van der Waals surface area (Å²) in [6.07, 6.45) is 2.29. The molecule has 122 valence electrons. The van der Waals surface area contributed by atoms with Gasteiger partial charge in [0.05, 0.1) is 0 Å². The van der Waals surface area contributed by atoms with E-state index in [9.17, 15) is 17.2 Å². The van der Waals surface area contributed by atoms with Crippen molar-refractivity contribution in [2.24, 2.45) is 0 Å². The van der Waals surface area contributed by atoms with E-state index in [4.69, 9.17) is 0 Å². The molecule has 4 nitrogen and oxygen atoms in total. The highest BCUT2D eigenvalue weighted by Gasteiger charge is 2.20. The van der Waals surface area contributed by atoms with Crippen LogP contribution in [0.25, 0.3) is 0 Å². The third-order valence-corrected chi connectivity index (χ3v) is 5.17. The maximum Gasteiger partial charge on any atom is 0.264 e. The number of hydrogen-bond donors (Lipinski definition) is 1. The fourth-order valence-corrected chi connectivity index (χ4v) is 3.76. The zero-order valence-electron chi connectivity index (χ0n) is 12.3. The molecule has 1 saturated heterocycles. The topological polar surface area (TPSA) is 49.4 Å². The Morgan fingerprint density at radius 2 is 1.61 bits per heavy atom. The number of halogens is 2. The van der Waals surface area contributed by atoms with Crippen LogP contribution in [0.15, 0.2) is 47.4 Å². The molecule has 1 heterocycles. The molecule has 23 heavy (non-hydrogen) atoms. The molecule has 0 unspecified atom stereocenters. The predicted octanol–water partition coefficient (Wildman–Crippen LogP) is 3.37. The second-order valence-electron chi connectivity index (χ2n) is 5.42. The van der Waals surface area contributed by atoms with Crippen molar-refractivity contribution in [1.29, 1.82) is 0 Å². The van der Waals surface area contributed by atoms with E-state index in [-0.39, 0.29) is 0 Å². The fraction of sp³-hybridized carbons (Fsp3) is 0.250. The van der Waals surface area contributed by atoms with Crippen LogP contribution in [0, 0.1) is 11.6 Å². The van der Waals surface area contributed by atoms with Gasteiger partial charge in [0.1, 0.15) is 16.5 Å². The van der Waals surface area contributed by atoms with Gasteiger partial charge in [0.2, 0.25) is 0 Å². The minimum atomic E-state index is -4.18. The number of nitrogens with one attached hydrogen (secondary N) is 1. The number of hydrogen-bond acceptors (Lipinski definition) is 3. The van der Waals surface area contributed by atoms with Gasteiger partial charge in [-0.15, -0.1) is 0 Å². The molecule has 2 aromatic rings. The summed E-state index contributed by atoms with van der Waals surface area (Å²) in [6, 6.07) is 9.18. The van der Waals surface area contributed by atoms with Crippen LogP contribution >= 0.6 is 0 Å². The van der Waals surface area contributed by atoms with Gasteiger partial charge in [-0.05, 0) is 55.3 Å². The molecule has 0 radical (unpaired) electrons. The summed E-state index contributed by atoms with van der Waals surface area (Å²) in [4.78, 5) is 1.51. The average molecular weight is 338 g/mol. The largest absolute Gasteiger partial charge is 0.372 e. The van der Waals surface area contributed by atoms with Crippen molar-refractivity contribution in [1.82, 2.24) is 0 Å². The molecule has 0 amide bonds. The molecule has 0 atom stereocenters. The van der Waals surface area contributed by atoms with Crippen LogP contribution in [0.4, 0.5) is 20.2 Å². The third-order valence-electron chi connectivity index (χ3n) is 3.77. The Morgan fingerprint density at radius 1 is 0.957 bits per heavy atom. The highest BCUT2D eigenvalue weighted by molar-refractivity contribution is 7.92. The van der Waals surface area contributed by atoms with Crippen molar-refractivity contribution < 1.29 is 17.2 Å². The molecule has 0 bridgehead atoms. The summed E-state index contributed by atoms with van der Waals surface area (Å²) in [6.45, 7) is 1.97. The first kappa shape index (κ1) is 15.7. The molecule has 0 spiro atoms. The molecule has 1 aliphatic heterocycles. The average Bonchev–Trinajstić information content (AvgIpc) is 3.04. The molecule has 1 N–H and O–H groups in total. The molecule has 0 aromatic heterocycles. The van der Waals surface area contributed by atoms with Gasteiger partial charge in [0.15, 0.2) is 0 Å². The Labute approximate surface area is 133 Å². The Balaban J connectivity index is 1.81. The summed E-state index contributed by atoms with van der Waals surface area (Å²) in [5.74, 6) is -1.80. The van der Waals surface area contributed by atoms with E-state index in [1.54, 1.807) is 12.1 Å². The minimum absolute atomic E-state index is 0.302. The lowest BCUT2D eigenvalue weighted by molar-refractivity contribution is 0.555. The quantitative estimate of drug-likeness (QED) is 0.930. The van der Waals surface area contributed by atoms with Crippen LogP contribution < -0.4 is 9.62 Å². The number of sulfonamides is 1. The summed E-state index contributed by atoms with van der Waals surface area (Å²) in [7, 11) is -4.18. The van der Waals surface area contributed by atoms with Crippen molar-refractivity contribution in [3.63, 3.8) is 0 Å². The van der Waals surface area contributed by atoms with E-state index in [0.29, 0.717) is 11.8 Å². The highest BCUT2D eigenvalue weighted by Crippen LogP contribution is 2.24. The minimum Gasteiger partial charge on any atom is -0.372 e.